The fourth-order valence-corrected chi connectivity index (χ4v) is 5.07. The Kier molecular flexibility index (Phi) is 7.86. The Hall–Kier alpha value is -3.03. The first-order valence-electron chi connectivity index (χ1n) is 12.1. The van der Waals surface area contributed by atoms with E-state index in [1.165, 1.54) is 17.5 Å². The van der Waals surface area contributed by atoms with Crippen molar-refractivity contribution in [2.24, 2.45) is 0 Å². The zero-order valence-corrected chi connectivity index (χ0v) is 19.4. The van der Waals surface area contributed by atoms with Gasteiger partial charge in [0.25, 0.3) is 5.91 Å². The number of amides is 1. The third kappa shape index (κ3) is 5.86. The van der Waals surface area contributed by atoms with Crippen LogP contribution in [0.2, 0.25) is 0 Å². The minimum atomic E-state index is -0.616. The molecule has 4 rings (SSSR count). The van der Waals surface area contributed by atoms with Gasteiger partial charge in [-0.05, 0) is 54.7 Å². The predicted molar refractivity (Wildman–Crippen MR) is 125 cm³/mol. The number of carbonyl (C=O) groups excluding carboxylic acids is 2. The van der Waals surface area contributed by atoms with Crippen LogP contribution < -0.4 is 0 Å². The molecule has 1 aromatic carbocycles. The molecule has 2 saturated carbocycles. The summed E-state index contributed by atoms with van der Waals surface area (Å²) in [7, 11) is 0. The lowest BCUT2D eigenvalue weighted by Crippen LogP contribution is -2.50. The highest BCUT2D eigenvalue weighted by atomic mass is 16.5. The number of aryl methyl sites for hydroxylation is 1. The van der Waals surface area contributed by atoms with Crippen molar-refractivity contribution in [3.63, 3.8) is 0 Å². The van der Waals surface area contributed by atoms with E-state index in [-0.39, 0.29) is 30.3 Å². The molecule has 0 N–H and O–H groups in total. The number of hydrogen-bond donors (Lipinski definition) is 0. The number of carbonyl (C=O) groups is 2. The van der Waals surface area contributed by atoms with Gasteiger partial charge in [0.1, 0.15) is 0 Å². The Morgan fingerprint density at radius 1 is 1.00 bits per heavy atom. The van der Waals surface area contributed by atoms with Gasteiger partial charge in [-0.25, -0.2) is 4.79 Å². The molecule has 176 valence electrons. The molecule has 33 heavy (non-hydrogen) atoms. The number of aromatic nitrogens is 4. The lowest BCUT2D eigenvalue weighted by molar-refractivity contribution is -0.151. The van der Waals surface area contributed by atoms with Gasteiger partial charge in [0, 0.05) is 12.1 Å². The van der Waals surface area contributed by atoms with E-state index in [1.54, 1.807) is 13.0 Å². The molecule has 1 aromatic heterocycles. The van der Waals surface area contributed by atoms with Crippen LogP contribution in [-0.2, 0) is 14.3 Å². The van der Waals surface area contributed by atoms with Crippen LogP contribution in [0, 0.1) is 6.92 Å². The van der Waals surface area contributed by atoms with Gasteiger partial charge >= 0.3 is 5.97 Å². The smallest absolute Gasteiger partial charge is 0.357 e. The SMILES string of the molecule is Cc1nnnn1/C(=C\c1ccccc1)C(=O)OCC(=O)N(C1CCCCC1)C1CCCCC1. The molecular formula is C25H33N5O3. The van der Waals surface area contributed by atoms with Gasteiger partial charge in [-0.15, -0.1) is 5.10 Å². The Bertz CT molecular complexity index is 941. The van der Waals surface area contributed by atoms with E-state index in [0.29, 0.717) is 5.82 Å². The van der Waals surface area contributed by atoms with Crippen LogP contribution in [0.3, 0.4) is 0 Å². The van der Waals surface area contributed by atoms with Crippen LogP contribution in [0.1, 0.15) is 75.6 Å². The monoisotopic (exact) mass is 451 g/mol. The lowest BCUT2D eigenvalue weighted by Gasteiger charge is -2.41. The van der Waals surface area contributed by atoms with E-state index in [4.69, 9.17) is 4.74 Å². The summed E-state index contributed by atoms with van der Waals surface area (Å²) in [5, 5.41) is 11.5. The van der Waals surface area contributed by atoms with Crippen LogP contribution in [0.5, 0.6) is 0 Å². The highest BCUT2D eigenvalue weighted by Crippen LogP contribution is 2.30. The number of ether oxygens (including phenoxy) is 1. The first kappa shape index (κ1) is 23.1. The van der Waals surface area contributed by atoms with Gasteiger partial charge in [-0.2, -0.15) is 4.68 Å². The van der Waals surface area contributed by atoms with Gasteiger partial charge in [0.15, 0.2) is 18.1 Å². The largest absolute Gasteiger partial charge is 0.451 e. The minimum Gasteiger partial charge on any atom is -0.451 e. The number of tetrazole rings is 1. The zero-order valence-electron chi connectivity index (χ0n) is 19.4. The van der Waals surface area contributed by atoms with Crippen LogP contribution in [0.15, 0.2) is 30.3 Å². The number of rotatable bonds is 7. The Morgan fingerprint density at radius 3 is 2.15 bits per heavy atom. The molecule has 0 aliphatic heterocycles. The van der Waals surface area contributed by atoms with Crippen LogP contribution in [0.25, 0.3) is 11.8 Å². The summed E-state index contributed by atoms with van der Waals surface area (Å²) in [6.45, 7) is 1.45. The molecule has 2 fully saturated rings. The van der Waals surface area contributed by atoms with E-state index in [9.17, 15) is 9.59 Å². The third-order valence-corrected chi connectivity index (χ3v) is 6.72. The Morgan fingerprint density at radius 2 is 1.61 bits per heavy atom. The van der Waals surface area contributed by atoms with Gasteiger partial charge < -0.3 is 9.64 Å². The zero-order chi connectivity index (χ0) is 23.0. The van der Waals surface area contributed by atoms with Gasteiger partial charge in [-0.1, -0.05) is 68.9 Å². The molecule has 0 spiro atoms. The summed E-state index contributed by atoms with van der Waals surface area (Å²) < 4.78 is 6.91. The summed E-state index contributed by atoms with van der Waals surface area (Å²) in [4.78, 5) is 28.5. The van der Waals surface area contributed by atoms with Gasteiger partial charge in [0.2, 0.25) is 0 Å². The second-order valence-electron chi connectivity index (χ2n) is 9.04. The van der Waals surface area contributed by atoms with Crippen molar-refractivity contribution in [2.45, 2.75) is 83.2 Å². The Labute approximate surface area is 195 Å². The van der Waals surface area contributed by atoms with E-state index in [2.05, 4.69) is 20.4 Å². The molecule has 8 nitrogen and oxygen atoms in total. The molecule has 1 heterocycles. The van der Waals surface area contributed by atoms with Crippen molar-refractivity contribution in [2.75, 3.05) is 6.61 Å². The van der Waals surface area contributed by atoms with E-state index < -0.39 is 5.97 Å². The molecule has 0 saturated heterocycles. The Balaban J connectivity index is 1.49. The fourth-order valence-electron chi connectivity index (χ4n) is 5.07. The molecule has 1 amide bonds. The topological polar surface area (TPSA) is 90.2 Å². The van der Waals surface area contributed by atoms with E-state index >= 15 is 0 Å². The van der Waals surface area contributed by atoms with Crippen molar-refractivity contribution in [3.05, 3.63) is 41.7 Å². The highest BCUT2D eigenvalue weighted by molar-refractivity contribution is 6.15. The molecule has 2 aliphatic rings. The number of benzene rings is 1. The summed E-state index contributed by atoms with van der Waals surface area (Å²) in [6.07, 6.45) is 12.9. The third-order valence-electron chi connectivity index (χ3n) is 6.72. The standard InChI is InChI=1S/C25H33N5O3/c1-19-26-27-28-30(19)23(17-20-11-5-2-6-12-20)25(32)33-18-24(31)29(21-13-7-3-8-14-21)22-15-9-4-10-16-22/h2,5-6,11-12,17,21-22H,3-4,7-10,13-16,18H2,1H3/b23-17-. The summed E-state index contributed by atoms with van der Waals surface area (Å²) >= 11 is 0. The molecule has 2 aromatic rings. The van der Waals surface area contributed by atoms with Gasteiger partial charge in [0.05, 0.1) is 0 Å². The molecule has 0 radical (unpaired) electrons. The summed E-state index contributed by atoms with van der Waals surface area (Å²) in [5.41, 5.74) is 0.995. The van der Waals surface area contributed by atoms with E-state index in [0.717, 1.165) is 56.9 Å². The predicted octanol–water partition coefficient (Wildman–Crippen LogP) is 4.02. The number of esters is 1. The maximum atomic E-state index is 13.4. The van der Waals surface area contributed by atoms with Crippen LogP contribution in [-0.4, -0.2) is 55.7 Å². The normalized spacial score (nSPS) is 18.2. The quantitative estimate of drug-likeness (QED) is 0.467. The molecule has 0 atom stereocenters. The van der Waals surface area contributed by atoms with Crippen LogP contribution >= 0.6 is 0 Å². The average Bonchev–Trinajstić information content (AvgIpc) is 3.28. The fraction of sp³-hybridized carbons (Fsp3) is 0.560. The second kappa shape index (κ2) is 11.2. The van der Waals surface area contributed by atoms with Crippen molar-refractivity contribution < 1.29 is 14.3 Å². The van der Waals surface area contributed by atoms with Crippen LogP contribution in [0.4, 0.5) is 0 Å². The average molecular weight is 452 g/mol. The van der Waals surface area contributed by atoms with Crippen molar-refractivity contribution in [1.82, 2.24) is 25.1 Å². The van der Waals surface area contributed by atoms with Crippen molar-refractivity contribution in [1.29, 1.82) is 0 Å². The first-order valence-corrected chi connectivity index (χ1v) is 12.1. The number of hydrogen-bond acceptors (Lipinski definition) is 6. The molecular weight excluding hydrogens is 418 g/mol. The first-order chi connectivity index (χ1) is 16.1. The maximum Gasteiger partial charge on any atom is 0.357 e. The van der Waals surface area contributed by atoms with Crippen molar-refractivity contribution in [3.8, 4) is 0 Å². The maximum absolute atomic E-state index is 13.4. The molecule has 2 aliphatic carbocycles. The highest BCUT2D eigenvalue weighted by Gasteiger charge is 2.33. The molecule has 8 heteroatoms. The minimum absolute atomic E-state index is 0.0883. The molecule has 0 unspecified atom stereocenters. The van der Waals surface area contributed by atoms with Gasteiger partial charge in [-0.3, -0.25) is 4.79 Å². The second-order valence-corrected chi connectivity index (χ2v) is 9.04. The summed E-state index contributed by atoms with van der Waals surface area (Å²) in [6, 6.07) is 9.95. The van der Waals surface area contributed by atoms with E-state index in [1.807, 2.05) is 30.3 Å². The summed E-state index contributed by atoms with van der Waals surface area (Å²) in [5.74, 6) is -0.240. The molecule has 0 bridgehead atoms. The lowest BCUT2D eigenvalue weighted by atomic mass is 9.88. The van der Waals surface area contributed by atoms with Crippen molar-refractivity contribution >= 4 is 23.6 Å². The number of nitrogens with zero attached hydrogens (tertiary/aromatic N) is 5.